The van der Waals surface area contributed by atoms with Crippen LogP contribution in [0.2, 0.25) is 5.15 Å². The van der Waals surface area contributed by atoms with Crippen LogP contribution in [0.25, 0.3) is 11.3 Å². The average molecular weight is 248 g/mol. The van der Waals surface area contributed by atoms with Crippen molar-refractivity contribution in [3.8, 4) is 17.3 Å². The zero-order valence-electron chi connectivity index (χ0n) is 8.91. The molecule has 5 heteroatoms. The van der Waals surface area contributed by atoms with E-state index in [1.165, 1.54) is 18.2 Å². The second-order valence-electron chi connectivity index (χ2n) is 3.46. The van der Waals surface area contributed by atoms with Crippen LogP contribution in [0.1, 0.15) is 11.4 Å². The Bertz CT molecular complexity index is 599. The molecular weight excluding hydrogens is 241 g/mol. The lowest BCUT2D eigenvalue weighted by molar-refractivity contribution is 0.628. The van der Waals surface area contributed by atoms with E-state index in [0.29, 0.717) is 17.1 Å². The molecule has 2 aromatic rings. The van der Waals surface area contributed by atoms with Gasteiger partial charge in [-0.3, -0.25) is 0 Å². The highest BCUT2D eigenvalue weighted by molar-refractivity contribution is 6.29. The highest BCUT2D eigenvalue weighted by atomic mass is 35.5. The summed E-state index contributed by atoms with van der Waals surface area (Å²) in [7, 11) is 0. The summed E-state index contributed by atoms with van der Waals surface area (Å²) in [5, 5.41) is 9.05. The molecule has 0 aliphatic rings. The normalized spacial score (nSPS) is 10.0. The van der Waals surface area contributed by atoms with Crippen molar-refractivity contribution < 1.29 is 4.39 Å². The maximum atomic E-state index is 13.3. The van der Waals surface area contributed by atoms with Gasteiger partial charge < -0.3 is 0 Å². The average Bonchev–Trinajstić information content (AvgIpc) is 2.26. The summed E-state index contributed by atoms with van der Waals surface area (Å²) in [4.78, 5) is 8.07. The molecule has 0 saturated heterocycles. The van der Waals surface area contributed by atoms with Crippen molar-refractivity contribution in [3.05, 3.63) is 46.6 Å². The third-order valence-electron chi connectivity index (χ3n) is 2.13. The Labute approximate surface area is 103 Å². The lowest BCUT2D eigenvalue weighted by Crippen LogP contribution is -1.93. The molecule has 0 spiro atoms. The van der Waals surface area contributed by atoms with Gasteiger partial charge in [0.05, 0.1) is 17.3 Å². The molecule has 1 aromatic heterocycles. The third kappa shape index (κ3) is 2.58. The quantitative estimate of drug-likeness (QED) is 0.728. The third-order valence-corrected chi connectivity index (χ3v) is 2.32. The molecule has 0 atom stereocenters. The summed E-state index contributed by atoms with van der Waals surface area (Å²) in [5.41, 5.74) is 1.25. The van der Waals surface area contributed by atoms with E-state index < -0.39 is 5.82 Å². The van der Waals surface area contributed by atoms with Gasteiger partial charge in [0.15, 0.2) is 0 Å². The predicted octanol–water partition coefficient (Wildman–Crippen LogP) is 3.12. The number of aryl methyl sites for hydroxylation is 1. The molecule has 0 bridgehead atoms. The molecule has 0 radical (unpaired) electrons. The molecule has 0 amide bonds. The van der Waals surface area contributed by atoms with Crippen molar-refractivity contribution in [2.24, 2.45) is 0 Å². The van der Waals surface area contributed by atoms with Gasteiger partial charge in [0, 0.05) is 11.6 Å². The van der Waals surface area contributed by atoms with Crippen molar-refractivity contribution in [2.45, 2.75) is 6.92 Å². The highest BCUT2D eigenvalue weighted by Crippen LogP contribution is 2.22. The molecule has 0 saturated carbocycles. The van der Waals surface area contributed by atoms with E-state index in [1.54, 1.807) is 13.0 Å². The zero-order chi connectivity index (χ0) is 12.4. The summed E-state index contributed by atoms with van der Waals surface area (Å²) in [6.45, 7) is 1.69. The Morgan fingerprint density at radius 2 is 2.00 bits per heavy atom. The lowest BCUT2D eigenvalue weighted by Gasteiger charge is -2.03. The fourth-order valence-corrected chi connectivity index (χ4v) is 1.71. The second kappa shape index (κ2) is 4.48. The Morgan fingerprint density at radius 1 is 1.24 bits per heavy atom. The lowest BCUT2D eigenvalue weighted by atomic mass is 10.1. The highest BCUT2D eigenvalue weighted by Gasteiger charge is 2.06. The largest absolute Gasteiger partial charge is 0.233 e. The summed E-state index contributed by atoms with van der Waals surface area (Å²) in [5.74, 6) is 0.0155. The van der Waals surface area contributed by atoms with E-state index in [9.17, 15) is 4.39 Å². The van der Waals surface area contributed by atoms with Crippen molar-refractivity contribution >= 4 is 11.6 Å². The summed E-state index contributed by atoms with van der Waals surface area (Å²) < 4.78 is 13.3. The van der Waals surface area contributed by atoms with E-state index >= 15 is 0 Å². The maximum absolute atomic E-state index is 13.3. The van der Waals surface area contributed by atoms with E-state index in [4.69, 9.17) is 16.9 Å². The number of hydrogen-bond acceptors (Lipinski definition) is 3. The van der Waals surface area contributed by atoms with Crippen LogP contribution in [-0.4, -0.2) is 9.97 Å². The summed E-state index contributed by atoms with van der Waals surface area (Å²) >= 11 is 5.80. The molecule has 1 heterocycles. The Morgan fingerprint density at radius 3 is 2.65 bits per heavy atom. The first kappa shape index (κ1) is 11.5. The van der Waals surface area contributed by atoms with Crippen LogP contribution < -0.4 is 0 Å². The molecular formula is C12H7ClFN3. The van der Waals surface area contributed by atoms with Gasteiger partial charge in [-0.25, -0.2) is 14.4 Å². The minimum Gasteiger partial charge on any atom is -0.233 e. The van der Waals surface area contributed by atoms with Crippen LogP contribution in [0.4, 0.5) is 4.39 Å². The first-order valence-corrected chi connectivity index (χ1v) is 5.18. The molecule has 3 nitrogen and oxygen atoms in total. The van der Waals surface area contributed by atoms with Gasteiger partial charge in [-0.1, -0.05) is 11.6 Å². The molecule has 0 fully saturated rings. The number of rotatable bonds is 1. The summed E-state index contributed by atoms with van der Waals surface area (Å²) in [6, 6.07) is 7.45. The van der Waals surface area contributed by atoms with Gasteiger partial charge in [0.1, 0.15) is 16.8 Å². The Kier molecular flexibility index (Phi) is 3.03. The van der Waals surface area contributed by atoms with Gasteiger partial charge in [0.2, 0.25) is 0 Å². The van der Waals surface area contributed by atoms with Crippen LogP contribution in [0.15, 0.2) is 24.3 Å². The van der Waals surface area contributed by atoms with E-state index in [2.05, 4.69) is 9.97 Å². The van der Waals surface area contributed by atoms with Crippen LogP contribution in [0.5, 0.6) is 0 Å². The molecule has 0 unspecified atom stereocenters. The summed E-state index contributed by atoms with van der Waals surface area (Å²) in [6.07, 6.45) is 0. The molecule has 17 heavy (non-hydrogen) atoms. The monoisotopic (exact) mass is 247 g/mol. The van der Waals surface area contributed by atoms with Crippen LogP contribution in [-0.2, 0) is 0 Å². The second-order valence-corrected chi connectivity index (χ2v) is 3.85. The van der Waals surface area contributed by atoms with E-state index in [-0.39, 0.29) is 10.7 Å². The fourth-order valence-electron chi connectivity index (χ4n) is 1.48. The molecule has 2 rings (SSSR count). The molecule has 1 aromatic carbocycles. The molecule has 0 aliphatic carbocycles. The van der Waals surface area contributed by atoms with Gasteiger partial charge in [0.25, 0.3) is 0 Å². The van der Waals surface area contributed by atoms with Crippen molar-refractivity contribution in [3.63, 3.8) is 0 Å². The minimum atomic E-state index is -0.480. The number of nitrogens with zero attached hydrogens (tertiary/aromatic N) is 3. The minimum absolute atomic E-state index is 0.243. The van der Waals surface area contributed by atoms with Crippen LogP contribution in [0.3, 0.4) is 0 Å². The first-order valence-electron chi connectivity index (χ1n) is 4.81. The smallest absolute Gasteiger partial charge is 0.133 e. The predicted molar refractivity (Wildman–Crippen MR) is 61.9 cm³/mol. The van der Waals surface area contributed by atoms with Crippen LogP contribution in [0, 0.1) is 24.1 Å². The van der Waals surface area contributed by atoms with Crippen molar-refractivity contribution in [2.75, 3.05) is 0 Å². The van der Waals surface area contributed by atoms with E-state index in [1.807, 2.05) is 6.07 Å². The first-order chi connectivity index (χ1) is 8.08. The topological polar surface area (TPSA) is 49.6 Å². The van der Waals surface area contributed by atoms with Gasteiger partial charge in [-0.15, -0.1) is 0 Å². The number of halogens is 2. The number of hydrogen-bond donors (Lipinski definition) is 0. The van der Waals surface area contributed by atoms with Gasteiger partial charge >= 0.3 is 0 Å². The Hall–Kier alpha value is -1.99. The fraction of sp³-hybridized carbons (Fsp3) is 0.0833. The SMILES string of the molecule is Cc1nc(Cl)cc(-c2cc(F)cc(C#N)c2)n1. The number of aromatic nitrogens is 2. The number of nitriles is 1. The van der Waals surface area contributed by atoms with Gasteiger partial charge in [-0.2, -0.15) is 5.26 Å². The maximum Gasteiger partial charge on any atom is 0.133 e. The van der Waals surface area contributed by atoms with Crippen molar-refractivity contribution in [1.82, 2.24) is 9.97 Å². The van der Waals surface area contributed by atoms with Gasteiger partial charge in [-0.05, 0) is 25.1 Å². The molecule has 0 aliphatic heterocycles. The molecule has 0 N–H and O–H groups in total. The molecule has 84 valence electrons. The zero-order valence-corrected chi connectivity index (χ0v) is 9.66. The Balaban J connectivity index is 2.60. The van der Waals surface area contributed by atoms with Crippen LogP contribution >= 0.6 is 11.6 Å². The van der Waals surface area contributed by atoms with Crippen molar-refractivity contribution in [1.29, 1.82) is 5.26 Å². The van der Waals surface area contributed by atoms with E-state index in [0.717, 1.165) is 0 Å². The standard InChI is InChI=1S/C12H7ClFN3/c1-7-16-11(5-12(13)17-7)9-2-8(6-15)3-10(14)4-9/h2-5H,1H3. The number of benzene rings is 1.